The summed E-state index contributed by atoms with van der Waals surface area (Å²) >= 11 is 0. The Morgan fingerprint density at radius 3 is 1.80 bits per heavy atom. The molecule has 0 aliphatic rings. The van der Waals surface area contributed by atoms with E-state index in [0.717, 1.165) is 6.54 Å². The van der Waals surface area contributed by atoms with Crippen LogP contribution in [0.5, 0.6) is 0 Å². The molecule has 1 rings (SSSR count). The third-order valence-corrected chi connectivity index (χ3v) is 3.52. The van der Waals surface area contributed by atoms with Crippen LogP contribution in [0, 0.1) is 18.8 Å². The van der Waals surface area contributed by atoms with Gasteiger partial charge in [0, 0.05) is 25.7 Å². The number of nitrogens with one attached hydrogen (secondary N) is 1. The van der Waals surface area contributed by atoms with E-state index in [1.54, 1.807) is 0 Å². The molecule has 0 amide bonds. The van der Waals surface area contributed by atoms with E-state index in [-0.39, 0.29) is 0 Å². The standard InChI is InChI=1S/C18H32N2/c1-14(2)11-20(12-15(3)4)13-18(19-6)17-9-7-16(5)8-10-17/h7-10,14-15,18-19H,11-13H2,1-6H3. The first-order chi connectivity index (χ1) is 9.42. The quantitative estimate of drug-likeness (QED) is 0.775. The maximum atomic E-state index is 3.47. The highest BCUT2D eigenvalue weighted by Gasteiger charge is 2.16. The average molecular weight is 276 g/mol. The lowest BCUT2D eigenvalue weighted by molar-refractivity contribution is 0.200. The topological polar surface area (TPSA) is 15.3 Å². The fourth-order valence-electron chi connectivity index (χ4n) is 2.68. The van der Waals surface area contributed by atoms with Crippen LogP contribution in [0.2, 0.25) is 0 Å². The monoisotopic (exact) mass is 276 g/mol. The van der Waals surface area contributed by atoms with E-state index in [2.05, 4.69) is 76.1 Å². The highest BCUT2D eigenvalue weighted by molar-refractivity contribution is 5.24. The van der Waals surface area contributed by atoms with Crippen molar-refractivity contribution in [3.05, 3.63) is 35.4 Å². The van der Waals surface area contributed by atoms with Crippen molar-refractivity contribution in [1.82, 2.24) is 10.2 Å². The molecule has 1 aromatic carbocycles. The Balaban J connectivity index is 2.74. The molecule has 1 aromatic rings. The first kappa shape index (κ1) is 17.2. The molecule has 1 N–H and O–H groups in total. The van der Waals surface area contributed by atoms with Crippen molar-refractivity contribution in [3.63, 3.8) is 0 Å². The van der Waals surface area contributed by atoms with Crippen LogP contribution in [0.25, 0.3) is 0 Å². The SMILES string of the molecule is CNC(CN(CC(C)C)CC(C)C)c1ccc(C)cc1. The third-order valence-electron chi connectivity index (χ3n) is 3.52. The van der Waals surface area contributed by atoms with Crippen molar-refractivity contribution < 1.29 is 0 Å². The number of aryl methyl sites for hydroxylation is 1. The predicted molar refractivity (Wildman–Crippen MR) is 89.1 cm³/mol. The van der Waals surface area contributed by atoms with E-state index in [1.165, 1.54) is 24.2 Å². The molecule has 2 nitrogen and oxygen atoms in total. The van der Waals surface area contributed by atoms with Gasteiger partial charge in [0.05, 0.1) is 0 Å². The van der Waals surface area contributed by atoms with Gasteiger partial charge in [0.15, 0.2) is 0 Å². The first-order valence-corrected chi connectivity index (χ1v) is 7.88. The number of nitrogens with zero attached hydrogens (tertiary/aromatic N) is 1. The summed E-state index contributed by atoms with van der Waals surface area (Å²) in [5.41, 5.74) is 2.71. The van der Waals surface area contributed by atoms with Crippen molar-refractivity contribution in [3.8, 4) is 0 Å². The lowest BCUT2D eigenvalue weighted by Crippen LogP contribution is -2.38. The molecule has 20 heavy (non-hydrogen) atoms. The van der Waals surface area contributed by atoms with E-state index in [4.69, 9.17) is 0 Å². The minimum Gasteiger partial charge on any atom is -0.312 e. The van der Waals surface area contributed by atoms with Crippen LogP contribution >= 0.6 is 0 Å². The predicted octanol–water partition coefficient (Wildman–Crippen LogP) is 3.87. The summed E-state index contributed by atoms with van der Waals surface area (Å²) in [4.78, 5) is 2.59. The summed E-state index contributed by atoms with van der Waals surface area (Å²) in [6.45, 7) is 14.8. The minimum absolute atomic E-state index is 0.410. The zero-order valence-electron chi connectivity index (χ0n) is 14.1. The number of benzene rings is 1. The Morgan fingerprint density at radius 2 is 1.40 bits per heavy atom. The molecule has 1 unspecified atom stereocenters. The van der Waals surface area contributed by atoms with Crippen LogP contribution in [0.3, 0.4) is 0 Å². The molecule has 114 valence electrons. The second-order valence-corrected chi connectivity index (χ2v) is 6.76. The molecule has 2 heteroatoms. The van der Waals surface area contributed by atoms with Crippen molar-refractivity contribution >= 4 is 0 Å². The minimum atomic E-state index is 0.410. The van der Waals surface area contributed by atoms with Gasteiger partial charge in [-0.15, -0.1) is 0 Å². The first-order valence-electron chi connectivity index (χ1n) is 7.88. The van der Waals surface area contributed by atoms with Gasteiger partial charge >= 0.3 is 0 Å². The number of likely N-dealkylation sites (N-methyl/N-ethyl adjacent to an activating group) is 1. The summed E-state index contributed by atoms with van der Waals surface area (Å²) in [7, 11) is 2.06. The van der Waals surface area contributed by atoms with E-state index < -0.39 is 0 Å². The Kier molecular flexibility index (Phi) is 7.25. The zero-order valence-corrected chi connectivity index (χ0v) is 14.1. The molecular weight excluding hydrogens is 244 g/mol. The number of hydrogen-bond donors (Lipinski definition) is 1. The van der Waals surface area contributed by atoms with Crippen LogP contribution in [-0.4, -0.2) is 31.6 Å². The Bertz CT molecular complexity index is 358. The van der Waals surface area contributed by atoms with Gasteiger partial charge < -0.3 is 10.2 Å². The van der Waals surface area contributed by atoms with Gasteiger partial charge in [-0.2, -0.15) is 0 Å². The fraction of sp³-hybridized carbons (Fsp3) is 0.667. The highest BCUT2D eigenvalue weighted by atomic mass is 15.1. The molecule has 0 radical (unpaired) electrons. The Hall–Kier alpha value is -0.860. The summed E-state index contributed by atoms with van der Waals surface area (Å²) in [6.07, 6.45) is 0. The summed E-state index contributed by atoms with van der Waals surface area (Å²) in [5, 5.41) is 3.47. The Labute approximate surface area is 125 Å². The van der Waals surface area contributed by atoms with E-state index in [0.29, 0.717) is 17.9 Å². The van der Waals surface area contributed by atoms with Gasteiger partial charge in [-0.1, -0.05) is 57.5 Å². The van der Waals surface area contributed by atoms with E-state index in [1.807, 2.05) is 0 Å². The van der Waals surface area contributed by atoms with Crippen LogP contribution in [-0.2, 0) is 0 Å². The van der Waals surface area contributed by atoms with Gasteiger partial charge in [-0.3, -0.25) is 0 Å². The normalized spacial score (nSPS) is 13.4. The van der Waals surface area contributed by atoms with Gasteiger partial charge in [0.1, 0.15) is 0 Å². The van der Waals surface area contributed by atoms with Gasteiger partial charge in [0.2, 0.25) is 0 Å². The molecular formula is C18H32N2. The molecule has 0 saturated carbocycles. The molecule has 0 saturated heterocycles. The van der Waals surface area contributed by atoms with E-state index in [9.17, 15) is 0 Å². The Morgan fingerprint density at radius 1 is 0.900 bits per heavy atom. The fourth-order valence-corrected chi connectivity index (χ4v) is 2.68. The highest BCUT2D eigenvalue weighted by Crippen LogP contribution is 2.16. The zero-order chi connectivity index (χ0) is 15.1. The summed E-state index contributed by atoms with van der Waals surface area (Å²) in [5.74, 6) is 1.42. The van der Waals surface area contributed by atoms with Gasteiger partial charge in [0.25, 0.3) is 0 Å². The number of hydrogen-bond acceptors (Lipinski definition) is 2. The van der Waals surface area contributed by atoms with Crippen LogP contribution < -0.4 is 5.32 Å². The van der Waals surface area contributed by atoms with Crippen LogP contribution in [0.15, 0.2) is 24.3 Å². The smallest absolute Gasteiger partial charge is 0.0446 e. The lowest BCUT2D eigenvalue weighted by atomic mass is 10.0. The molecule has 0 aliphatic carbocycles. The lowest BCUT2D eigenvalue weighted by Gasteiger charge is -2.30. The van der Waals surface area contributed by atoms with Crippen LogP contribution in [0.1, 0.15) is 44.9 Å². The third kappa shape index (κ3) is 6.06. The molecule has 0 bridgehead atoms. The van der Waals surface area contributed by atoms with Crippen molar-refractivity contribution in [2.45, 2.75) is 40.7 Å². The van der Waals surface area contributed by atoms with Crippen molar-refractivity contribution in [2.24, 2.45) is 11.8 Å². The van der Waals surface area contributed by atoms with Crippen LogP contribution in [0.4, 0.5) is 0 Å². The van der Waals surface area contributed by atoms with Crippen molar-refractivity contribution in [2.75, 3.05) is 26.7 Å². The second kappa shape index (κ2) is 8.43. The summed E-state index contributed by atoms with van der Waals surface area (Å²) in [6, 6.07) is 9.32. The molecule has 0 fully saturated rings. The largest absolute Gasteiger partial charge is 0.312 e. The van der Waals surface area contributed by atoms with Crippen molar-refractivity contribution in [1.29, 1.82) is 0 Å². The maximum absolute atomic E-state index is 3.47. The molecule has 0 aliphatic heterocycles. The molecule has 0 spiro atoms. The second-order valence-electron chi connectivity index (χ2n) is 6.76. The summed E-state index contributed by atoms with van der Waals surface area (Å²) < 4.78 is 0. The van der Waals surface area contributed by atoms with Gasteiger partial charge in [-0.25, -0.2) is 0 Å². The van der Waals surface area contributed by atoms with E-state index >= 15 is 0 Å². The maximum Gasteiger partial charge on any atom is 0.0446 e. The molecule has 0 heterocycles. The molecule has 0 aromatic heterocycles. The number of rotatable bonds is 8. The average Bonchev–Trinajstić information content (AvgIpc) is 2.35. The molecule has 1 atom stereocenters. The van der Waals surface area contributed by atoms with Gasteiger partial charge in [-0.05, 0) is 31.4 Å².